The van der Waals surface area contributed by atoms with Gasteiger partial charge in [-0.15, -0.1) is 12.4 Å². The van der Waals surface area contributed by atoms with E-state index in [9.17, 15) is 14.4 Å². The van der Waals surface area contributed by atoms with E-state index in [0.717, 1.165) is 25.9 Å². The van der Waals surface area contributed by atoms with E-state index < -0.39 is 5.97 Å². The van der Waals surface area contributed by atoms with Crippen LogP contribution in [0.5, 0.6) is 0 Å². The Kier molecular flexibility index (Phi) is 8.88. The van der Waals surface area contributed by atoms with Crippen LogP contribution in [0, 0.1) is 0 Å². The molecule has 0 radical (unpaired) electrons. The highest BCUT2D eigenvalue weighted by atomic mass is 35.5. The number of amides is 1. The first kappa shape index (κ1) is 23.1. The first-order valence-corrected chi connectivity index (χ1v) is 8.86. The summed E-state index contributed by atoms with van der Waals surface area (Å²) in [7, 11) is 1.82. The van der Waals surface area contributed by atoms with Gasteiger partial charge < -0.3 is 10.4 Å². The molecule has 1 fully saturated rings. The predicted molar refractivity (Wildman–Crippen MR) is 107 cm³/mol. The van der Waals surface area contributed by atoms with Crippen LogP contribution in [0.4, 0.5) is 5.69 Å². The van der Waals surface area contributed by atoms with Crippen molar-refractivity contribution in [3.63, 3.8) is 0 Å². The summed E-state index contributed by atoms with van der Waals surface area (Å²) in [5.41, 5.74) is 1.04. The lowest BCUT2D eigenvalue weighted by atomic mass is 10.0. The topological polar surface area (TPSA) is 90.0 Å². The van der Waals surface area contributed by atoms with Crippen molar-refractivity contribution in [3.8, 4) is 0 Å². The van der Waals surface area contributed by atoms with E-state index >= 15 is 0 Å². The molecule has 27 heavy (non-hydrogen) atoms. The number of Topliss-reactive ketones (excluding diaryl/α,β-unsaturated/α-hetero) is 1. The molecule has 1 aliphatic heterocycles. The molecule has 1 unspecified atom stereocenters. The molecule has 7 nitrogen and oxygen atoms in total. The number of carbonyl (C=O) groups excluding carboxylic acids is 2. The van der Waals surface area contributed by atoms with Crippen LogP contribution in [-0.2, 0) is 9.59 Å². The number of hydrogen-bond acceptors (Lipinski definition) is 5. The van der Waals surface area contributed by atoms with E-state index in [2.05, 4.69) is 10.2 Å². The van der Waals surface area contributed by atoms with Gasteiger partial charge in [-0.2, -0.15) is 0 Å². The molecule has 1 aromatic carbocycles. The molecule has 1 heterocycles. The summed E-state index contributed by atoms with van der Waals surface area (Å²) < 4.78 is 0. The van der Waals surface area contributed by atoms with Crippen LogP contribution in [0.15, 0.2) is 24.3 Å². The van der Waals surface area contributed by atoms with Crippen LogP contribution in [0.25, 0.3) is 0 Å². The second kappa shape index (κ2) is 10.4. The first-order valence-electron chi connectivity index (χ1n) is 8.86. The van der Waals surface area contributed by atoms with E-state index in [1.807, 2.05) is 18.9 Å². The molecule has 2 N–H and O–H groups in total. The summed E-state index contributed by atoms with van der Waals surface area (Å²) in [6, 6.07) is 6.89. The molecule has 0 aromatic heterocycles. The third-order valence-electron chi connectivity index (χ3n) is 5.00. The second-order valence-corrected chi connectivity index (χ2v) is 6.84. The number of hydrogen-bond donors (Lipinski definition) is 2. The normalized spacial score (nSPS) is 16.4. The van der Waals surface area contributed by atoms with Gasteiger partial charge in [0.2, 0.25) is 5.91 Å². The van der Waals surface area contributed by atoms with Crippen LogP contribution in [0.1, 0.15) is 37.0 Å². The lowest BCUT2D eigenvalue weighted by Crippen LogP contribution is -2.50. The molecule has 0 saturated carbocycles. The van der Waals surface area contributed by atoms with Crippen molar-refractivity contribution in [2.45, 2.75) is 38.8 Å². The molecule has 1 aliphatic rings. The molecular formula is C19H28ClN3O4. The number of nitrogens with one attached hydrogen (secondary N) is 1. The van der Waals surface area contributed by atoms with Gasteiger partial charge in [0.1, 0.15) is 0 Å². The van der Waals surface area contributed by atoms with Crippen LogP contribution in [-0.4, -0.2) is 71.3 Å². The number of benzene rings is 1. The number of likely N-dealkylation sites (tertiary alicyclic amines) is 1. The molecule has 8 heteroatoms. The maximum Gasteiger partial charge on any atom is 0.317 e. The summed E-state index contributed by atoms with van der Waals surface area (Å²) in [4.78, 5) is 39.1. The zero-order valence-electron chi connectivity index (χ0n) is 16.0. The molecule has 2 rings (SSSR count). The zero-order valence-corrected chi connectivity index (χ0v) is 16.8. The minimum absolute atomic E-state index is 0. The zero-order chi connectivity index (χ0) is 19.3. The summed E-state index contributed by atoms with van der Waals surface area (Å²) in [5.74, 6) is -1.06. The maximum atomic E-state index is 12.6. The molecule has 150 valence electrons. The average molecular weight is 398 g/mol. The summed E-state index contributed by atoms with van der Waals surface area (Å²) >= 11 is 0. The van der Waals surface area contributed by atoms with Crippen molar-refractivity contribution in [2.75, 3.05) is 32.0 Å². The monoisotopic (exact) mass is 397 g/mol. The summed E-state index contributed by atoms with van der Waals surface area (Å²) in [6.07, 6.45) is 1.65. The van der Waals surface area contributed by atoms with E-state index in [0.29, 0.717) is 11.3 Å². The number of likely N-dealkylation sites (N-methyl/N-ethyl adjacent to an activating group) is 1. The number of para-hydroxylation sites is 1. The van der Waals surface area contributed by atoms with Gasteiger partial charge in [0.15, 0.2) is 5.78 Å². The van der Waals surface area contributed by atoms with Crippen molar-refractivity contribution < 1.29 is 19.5 Å². The van der Waals surface area contributed by atoms with Gasteiger partial charge in [-0.05, 0) is 45.9 Å². The van der Waals surface area contributed by atoms with E-state index in [-0.39, 0.29) is 42.7 Å². The van der Waals surface area contributed by atoms with E-state index in [1.165, 1.54) is 6.92 Å². The number of carbonyl (C=O) groups is 3. The fourth-order valence-electron chi connectivity index (χ4n) is 3.36. The quantitative estimate of drug-likeness (QED) is 0.685. The Balaban J connectivity index is 0.00000364. The van der Waals surface area contributed by atoms with Crippen LogP contribution < -0.4 is 5.32 Å². The number of carboxylic acid groups (broad SMARTS) is 1. The Morgan fingerprint density at radius 2 is 1.85 bits per heavy atom. The highest BCUT2D eigenvalue weighted by Gasteiger charge is 2.29. The molecule has 0 aliphatic carbocycles. The van der Waals surface area contributed by atoms with Crippen molar-refractivity contribution in [1.82, 2.24) is 9.80 Å². The molecule has 1 saturated heterocycles. The fraction of sp³-hybridized carbons (Fsp3) is 0.526. The van der Waals surface area contributed by atoms with Gasteiger partial charge in [0, 0.05) is 24.7 Å². The number of ketones is 1. The van der Waals surface area contributed by atoms with Crippen LogP contribution >= 0.6 is 12.4 Å². The molecule has 1 aromatic rings. The van der Waals surface area contributed by atoms with Gasteiger partial charge >= 0.3 is 5.97 Å². The third-order valence-corrected chi connectivity index (χ3v) is 5.00. The Morgan fingerprint density at radius 3 is 2.41 bits per heavy atom. The highest BCUT2D eigenvalue weighted by molar-refractivity contribution is 6.04. The number of anilines is 1. The maximum absolute atomic E-state index is 12.6. The number of carboxylic acids is 1. The predicted octanol–water partition coefficient (Wildman–Crippen LogP) is 2.12. The lowest BCUT2D eigenvalue weighted by Gasteiger charge is -2.38. The minimum Gasteiger partial charge on any atom is -0.480 e. The van der Waals surface area contributed by atoms with Crippen LogP contribution in [0.2, 0.25) is 0 Å². The smallest absolute Gasteiger partial charge is 0.317 e. The van der Waals surface area contributed by atoms with Gasteiger partial charge in [-0.25, -0.2) is 0 Å². The number of aliphatic carboxylic acids is 1. The SMILES string of the molecule is CC(=O)c1ccccc1NC(=O)C(C)N1CCC(N(C)CC(=O)O)CC1.Cl. The van der Waals surface area contributed by atoms with Crippen molar-refractivity contribution in [2.24, 2.45) is 0 Å². The largest absolute Gasteiger partial charge is 0.480 e. The number of nitrogens with zero attached hydrogens (tertiary/aromatic N) is 2. The molecule has 1 atom stereocenters. The first-order chi connectivity index (χ1) is 12.3. The second-order valence-electron chi connectivity index (χ2n) is 6.84. The molecule has 0 bridgehead atoms. The van der Waals surface area contributed by atoms with E-state index in [4.69, 9.17) is 5.11 Å². The number of halogens is 1. The number of rotatable bonds is 7. The van der Waals surface area contributed by atoms with Gasteiger partial charge in [-0.3, -0.25) is 24.2 Å². The molecule has 0 spiro atoms. The Morgan fingerprint density at radius 1 is 1.26 bits per heavy atom. The summed E-state index contributed by atoms with van der Waals surface area (Å²) in [5, 5.41) is 11.8. The van der Waals surface area contributed by atoms with Crippen molar-refractivity contribution in [3.05, 3.63) is 29.8 Å². The molecular weight excluding hydrogens is 370 g/mol. The standard InChI is InChI=1S/C19H27N3O4.ClH/c1-13(19(26)20-17-7-5-4-6-16(17)14(2)23)22-10-8-15(9-11-22)21(3)12-18(24)25;/h4-7,13,15H,8-12H2,1-3H3,(H,20,26)(H,24,25);1H. The Hall–Kier alpha value is -1.96. The van der Waals surface area contributed by atoms with Gasteiger partial charge in [-0.1, -0.05) is 12.1 Å². The lowest BCUT2D eigenvalue weighted by molar-refractivity contribution is -0.138. The molecule has 1 amide bonds. The van der Waals surface area contributed by atoms with Gasteiger partial charge in [0.25, 0.3) is 0 Å². The Labute approximate surface area is 166 Å². The van der Waals surface area contributed by atoms with Crippen molar-refractivity contribution >= 4 is 35.8 Å². The number of piperidine rings is 1. The Bertz CT molecular complexity index is 675. The summed E-state index contributed by atoms with van der Waals surface area (Å²) in [6.45, 7) is 4.83. The third kappa shape index (κ3) is 6.30. The van der Waals surface area contributed by atoms with Gasteiger partial charge in [0.05, 0.1) is 18.3 Å². The fourth-order valence-corrected chi connectivity index (χ4v) is 3.36. The average Bonchev–Trinajstić information content (AvgIpc) is 2.60. The van der Waals surface area contributed by atoms with Crippen LogP contribution in [0.3, 0.4) is 0 Å². The van der Waals surface area contributed by atoms with E-state index in [1.54, 1.807) is 24.3 Å². The highest BCUT2D eigenvalue weighted by Crippen LogP contribution is 2.20. The minimum atomic E-state index is -0.827. The van der Waals surface area contributed by atoms with Crippen molar-refractivity contribution in [1.29, 1.82) is 0 Å².